The van der Waals surface area contributed by atoms with Crippen LogP contribution in [0.15, 0.2) is 0 Å². The number of hydrogen-bond acceptors (Lipinski definition) is 1. The van der Waals surface area contributed by atoms with Gasteiger partial charge in [0.05, 0.1) is 0 Å². The van der Waals surface area contributed by atoms with Crippen LogP contribution < -0.4 is 5.73 Å². The first-order valence-electron chi connectivity index (χ1n) is 12.9. The van der Waals surface area contributed by atoms with E-state index in [9.17, 15) is 0 Å². The van der Waals surface area contributed by atoms with Crippen LogP contribution in [0, 0.1) is 45.8 Å². The van der Waals surface area contributed by atoms with Gasteiger partial charge in [-0.15, -0.1) is 0 Å². The maximum absolute atomic E-state index is 5.85. The van der Waals surface area contributed by atoms with Crippen LogP contribution in [0.3, 0.4) is 0 Å². The molecule has 2 N–H and O–H groups in total. The highest BCUT2D eigenvalue weighted by Crippen LogP contribution is 2.79. The molecule has 0 bridgehead atoms. The third-order valence-corrected chi connectivity index (χ3v) is 10.3. The standard InChI is InChI=1S/C27H53N/c1-9-12-13-14-17-27(21(5)20(4)16-15-18-28)22(6)24(27)26(8,11-3)23-19-25(23,7)10-2/h20-24H,9-19,28H2,1-8H3/t20-,21?,22?,23-,24?,25?,26?,27?/m0/s1. The van der Waals surface area contributed by atoms with Gasteiger partial charge >= 0.3 is 0 Å². The van der Waals surface area contributed by atoms with E-state index in [0.717, 1.165) is 36.1 Å². The Hall–Kier alpha value is -0.0400. The first kappa shape index (κ1) is 24.2. The molecule has 0 aromatic heterocycles. The fourth-order valence-corrected chi connectivity index (χ4v) is 7.74. The highest BCUT2D eigenvalue weighted by molar-refractivity contribution is 5.21. The molecule has 0 aromatic rings. The molecule has 0 amide bonds. The molecule has 2 rings (SSSR count). The predicted octanol–water partition coefficient (Wildman–Crippen LogP) is 8.07. The zero-order chi connectivity index (χ0) is 21.2. The summed E-state index contributed by atoms with van der Waals surface area (Å²) in [5, 5.41) is 0. The second-order valence-electron chi connectivity index (χ2n) is 11.5. The lowest BCUT2D eigenvalue weighted by molar-refractivity contribution is 0.102. The van der Waals surface area contributed by atoms with E-state index in [0.29, 0.717) is 16.2 Å². The van der Waals surface area contributed by atoms with E-state index >= 15 is 0 Å². The molecule has 0 heterocycles. The predicted molar refractivity (Wildman–Crippen MR) is 125 cm³/mol. The summed E-state index contributed by atoms with van der Waals surface area (Å²) in [6.45, 7) is 21.1. The average Bonchev–Trinajstić information content (AvgIpc) is 3.56. The van der Waals surface area contributed by atoms with Crippen molar-refractivity contribution in [3.8, 4) is 0 Å². The largest absolute Gasteiger partial charge is 0.330 e. The minimum atomic E-state index is 0.538. The fraction of sp³-hybridized carbons (Fsp3) is 1.00. The minimum Gasteiger partial charge on any atom is -0.330 e. The van der Waals surface area contributed by atoms with E-state index in [2.05, 4.69) is 55.4 Å². The van der Waals surface area contributed by atoms with E-state index in [1.807, 2.05) is 0 Å². The molecule has 2 aliphatic rings. The van der Waals surface area contributed by atoms with Crippen molar-refractivity contribution in [3.05, 3.63) is 0 Å². The van der Waals surface area contributed by atoms with E-state index < -0.39 is 0 Å². The lowest BCUT2D eigenvalue weighted by Crippen LogP contribution is -2.32. The molecule has 0 aromatic carbocycles. The molecule has 8 atom stereocenters. The summed E-state index contributed by atoms with van der Waals surface area (Å²) >= 11 is 0. The van der Waals surface area contributed by atoms with Crippen molar-refractivity contribution in [1.29, 1.82) is 0 Å². The molecule has 0 radical (unpaired) electrons. The molecule has 0 spiro atoms. The van der Waals surface area contributed by atoms with Crippen molar-refractivity contribution in [2.24, 2.45) is 51.6 Å². The number of rotatable bonds is 14. The first-order valence-corrected chi connectivity index (χ1v) is 12.9. The van der Waals surface area contributed by atoms with E-state index in [1.54, 1.807) is 0 Å². The van der Waals surface area contributed by atoms with Gasteiger partial charge in [-0.1, -0.05) is 93.9 Å². The summed E-state index contributed by atoms with van der Waals surface area (Å²) in [7, 11) is 0. The summed E-state index contributed by atoms with van der Waals surface area (Å²) in [4.78, 5) is 0. The number of unbranched alkanes of at least 4 members (excludes halogenated alkanes) is 3. The molecule has 6 unspecified atom stereocenters. The Balaban J connectivity index is 2.24. The lowest BCUT2D eigenvalue weighted by Gasteiger charge is -2.38. The van der Waals surface area contributed by atoms with Gasteiger partial charge in [0, 0.05) is 0 Å². The van der Waals surface area contributed by atoms with Crippen LogP contribution in [0.25, 0.3) is 0 Å². The summed E-state index contributed by atoms with van der Waals surface area (Å²) in [5.41, 5.74) is 7.60. The Morgan fingerprint density at radius 1 is 1.07 bits per heavy atom. The SMILES string of the molecule is CCCCCCC1(C(C)[C@@H](C)CCCN)C(C)C1C(C)(CC)[C@H]1CC1(C)CC. The van der Waals surface area contributed by atoms with Gasteiger partial charge < -0.3 is 5.73 Å². The normalized spacial score (nSPS) is 38.7. The van der Waals surface area contributed by atoms with Gasteiger partial charge in [0.25, 0.3) is 0 Å². The van der Waals surface area contributed by atoms with Gasteiger partial charge in [0.2, 0.25) is 0 Å². The Morgan fingerprint density at radius 3 is 2.25 bits per heavy atom. The van der Waals surface area contributed by atoms with Crippen molar-refractivity contribution < 1.29 is 0 Å². The Kier molecular flexibility index (Phi) is 8.14. The molecule has 1 nitrogen and oxygen atoms in total. The highest BCUT2D eigenvalue weighted by Gasteiger charge is 2.73. The zero-order valence-corrected chi connectivity index (χ0v) is 20.7. The Labute approximate surface area is 178 Å². The van der Waals surface area contributed by atoms with Gasteiger partial charge in [0.15, 0.2) is 0 Å². The molecular weight excluding hydrogens is 338 g/mol. The van der Waals surface area contributed by atoms with Crippen molar-refractivity contribution in [2.45, 2.75) is 120 Å². The van der Waals surface area contributed by atoms with Gasteiger partial charge in [-0.2, -0.15) is 0 Å². The van der Waals surface area contributed by atoms with Crippen LogP contribution >= 0.6 is 0 Å². The quantitative estimate of drug-likeness (QED) is 0.298. The van der Waals surface area contributed by atoms with E-state index in [4.69, 9.17) is 5.73 Å². The van der Waals surface area contributed by atoms with Crippen molar-refractivity contribution in [3.63, 3.8) is 0 Å². The van der Waals surface area contributed by atoms with Gasteiger partial charge in [0.1, 0.15) is 0 Å². The van der Waals surface area contributed by atoms with Gasteiger partial charge in [-0.3, -0.25) is 0 Å². The third-order valence-electron chi connectivity index (χ3n) is 10.3. The van der Waals surface area contributed by atoms with Gasteiger partial charge in [-0.05, 0) is 78.1 Å². The summed E-state index contributed by atoms with van der Waals surface area (Å²) < 4.78 is 0. The Bertz CT molecular complexity index is 487. The topological polar surface area (TPSA) is 26.0 Å². The van der Waals surface area contributed by atoms with Crippen molar-refractivity contribution in [1.82, 2.24) is 0 Å². The molecule has 0 aliphatic heterocycles. The van der Waals surface area contributed by atoms with Crippen LogP contribution in [0.5, 0.6) is 0 Å². The average molecular weight is 392 g/mol. The number of nitrogens with two attached hydrogens (primary N) is 1. The summed E-state index contributed by atoms with van der Waals surface area (Å²) in [6.07, 6.45) is 13.8. The summed E-state index contributed by atoms with van der Waals surface area (Å²) in [5.74, 6) is 4.42. The molecule has 2 saturated carbocycles. The van der Waals surface area contributed by atoms with Crippen LogP contribution in [0.4, 0.5) is 0 Å². The van der Waals surface area contributed by atoms with Crippen molar-refractivity contribution >= 4 is 0 Å². The van der Waals surface area contributed by atoms with Crippen LogP contribution in [0.2, 0.25) is 0 Å². The second kappa shape index (κ2) is 9.40. The maximum Gasteiger partial charge on any atom is -0.00772 e. The van der Waals surface area contributed by atoms with E-state index in [1.165, 1.54) is 64.2 Å². The third kappa shape index (κ3) is 4.21. The molecule has 1 heteroatoms. The Morgan fingerprint density at radius 2 is 1.75 bits per heavy atom. The molecule has 28 heavy (non-hydrogen) atoms. The lowest BCUT2D eigenvalue weighted by atomic mass is 9.66. The van der Waals surface area contributed by atoms with Crippen LogP contribution in [-0.4, -0.2) is 6.54 Å². The fourth-order valence-electron chi connectivity index (χ4n) is 7.74. The maximum atomic E-state index is 5.85. The molecule has 2 fully saturated rings. The first-order chi connectivity index (χ1) is 13.2. The molecular formula is C27H53N. The molecule has 166 valence electrons. The zero-order valence-electron chi connectivity index (χ0n) is 20.7. The van der Waals surface area contributed by atoms with Gasteiger partial charge in [-0.25, -0.2) is 0 Å². The summed E-state index contributed by atoms with van der Waals surface area (Å²) in [6, 6.07) is 0. The minimum absolute atomic E-state index is 0.538. The van der Waals surface area contributed by atoms with Crippen LogP contribution in [0.1, 0.15) is 120 Å². The molecule has 0 saturated heterocycles. The monoisotopic (exact) mass is 391 g/mol. The van der Waals surface area contributed by atoms with E-state index in [-0.39, 0.29) is 0 Å². The highest BCUT2D eigenvalue weighted by atomic mass is 14.8. The smallest absolute Gasteiger partial charge is 0.00772 e. The molecule has 2 aliphatic carbocycles. The number of hydrogen-bond donors (Lipinski definition) is 1. The van der Waals surface area contributed by atoms with Crippen molar-refractivity contribution in [2.75, 3.05) is 6.54 Å². The van der Waals surface area contributed by atoms with Crippen LogP contribution in [-0.2, 0) is 0 Å². The second-order valence-corrected chi connectivity index (χ2v) is 11.5.